The fraction of sp³-hybridized carbons (Fsp3) is 0.923. The fourth-order valence-electron chi connectivity index (χ4n) is 1.53. The van der Waals surface area contributed by atoms with Crippen molar-refractivity contribution in [2.75, 3.05) is 13.1 Å². The van der Waals surface area contributed by atoms with Crippen LogP contribution in [-0.4, -0.2) is 18.9 Å². The monoisotopic (exact) mass is 213 g/mol. The molecule has 0 aromatic carbocycles. The van der Waals surface area contributed by atoms with E-state index in [4.69, 9.17) is 0 Å². The van der Waals surface area contributed by atoms with Gasteiger partial charge in [0.1, 0.15) is 5.78 Å². The topological polar surface area (TPSA) is 29.1 Å². The van der Waals surface area contributed by atoms with Crippen molar-refractivity contribution in [2.24, 2.45) is 0 Å². The van der Waals surface area contributed by atoms with E-state index in [-0.39, 0.29) is 0 Å². The summed E-state index contributed by atoms with van der Waals surface area (Å²) in [7, 11) is 0. The molecule has 0 bridgehead atoms. The van der Waals surface area contributed by atoms with Gasteiger partial charge in [0.05, 0.1) is 0 Å². The van der Waals surface area contributed by atoms with Crippen molar-refractivity contribution in [3.05, 3.63) is 0 Å². The van der Waals surface area contributed by atoms with Gasteiger partial charge in [0, 0.05) is 12.8 Å². The van der Waals surface area contributed by atoms with Gasteiger partial charge in [-0.1, -0.05) is 33.1 Å². The average Bonchev–Trinajstić information content (AvgIpc) is 2.23. The van der Waals surface area contributed by atoms with Gasteiger partial charge in [0.15, 0.2) is 0 Å². The molecule has 90 valence electrons. The fourth-order valence-corrected chi connectivity index (χ4v) is 1.53. The van der Waals surface area contributed by atoms with Gasteiger partial charge in [0.25, 0.3) is 0 Å². The van der Waals surface area contributed by atoms with Crippen LogP contribution in [0, 0.1) is 0 Å². The van der Waals surface area contributed by atoms with Crippen molar-refractivity contribution >= 4 is 5.78 Å². The summed E-state index contributed by atoms with van der Waals surface area (Å²) in [6.07, 6.45) is 8.53. The summed E-state index contributed by atoms with van der Waals surface area (Å²) in [4.78, 5) is 11.4. The first-order chi connectivity index (χ1) is 7.31. The number of nitrogens with one attached hydrogen (secondary N) is 1. The standard InChI is InChI=1S/C13H27NO/c1-3-5-7-9-13(15)10-8-12-14-11-6-4-2/h14H,3-12H2,1-2H3. The Morgan fingerprint density at radius 1 is 0.867 bits per heavy atom. The minimum atomic E-state index is 0.445. The molecule has 2 heteroatoms. The molecule has 15 heavy (non-hydrogen) atoms. The lowest BCUT2D eigenvalue weighted by Crippen LogP contribution is -2.17. The molecule has 0 fully saturated rings. The summed E-state index contributed by atoms with van der Waals surface area (Å²) in [6.45, 7) is 6.46. The minimum absolute atomic E-state index is 0.445. The summed E-state index contributed by atoms with van der Waals surface area (Å²) in [5.74, 6) is 0.445. The van der Waals surface area contributed by atoms with Gasteiger partial charge in [-0.15, -0.1) is 0 Å². The molecule has 0 radical (unpaired) electrons. The second kappa shape index (κ2) is 11.7. The van der Waals surface area contributed by atoms with Crippen LogP contribution in [0.3, 0.4) is 0 Å². The number of rotatable bonds is 11. The van der Waals surface area contributed by atoms with E-state index in [2.05, 4.69) is 19.2 Å². The van der Waals surface area contributed by atoms with Gasteiger partial charge in [-0.25, -0.2) is 0 Å². The van der Waals surface area contributed by atoms with Crippen molar-refractivity contribution in [1.29, 1.82) is 0 Å². The second-order valence-corrected chi connectivity index (χ2v) is 4.20. The largest absolute Gasteiger partial charge is 0.317 e. The summed E-state index contributed by atoms with van der Waals surface area (Å²) in [5.41, 5.74) is 0. The van der Waals surface area contributed by atoms with E-state index in [1.54, 1.807) is 0 Å². The molecular formula is C13H27NO. The quantitative estimate of drug-likeness (QED) is 0.533. The van der Waals surface area contributed by atoms with E-state index in [0.717, 1.165) is 38.8 Å². The third-order valence-electron chi connectivity index (χ3n) is 2.58. The van der Waals surface area contributed by atoms with E-state index < -0.39 is 0 Å². The lowest BCUT2D eigenvalue weighted by atomic mass is 10.1. The van der Waals surface area contributed by atoms with Gasteiger partial charge in [-0.2, -0.15) is 0 Å². The molecule has 0 atom stereocenters. The van der Waals surface area contributed by atoms with E-state index in [1.165, 1.54) is 25.7 Å². The molecule has 0 aliphatic rings. The molecule has 0 saturated heterocycles. The maximum Gasteiger partial charge on any atom is 0.132 e. The molecular weight excluding hydrogens is 186 g/mol. The Hall–Kier alpha value is -0.370. The highest BCUT2D eigenvalue weighted by Crippen LogP contribution is 2.03. The van der Waals surface area contributed by atoms with Gasteiger partial charge >= 0.3 is 0 Å². The smallest absolute Gasteiger partial charge is 0.132 e. The molecule has 0 aliphatic carbocycles. The number of carbonyl (C=O) groups is 1. The SMILES string of the molecule is CCCCCC(=O)CCCNCCCC. The van der Waals surface area contributed by atoms with Crippen LogP contribution < -0.4 is 5.32 Å². The molecule has 0 aromatic rings. The molecule has 1 N–H and O–H groups in total. The lowest BCUT2D eigenvalue weighted by Gasteiger charge is -2.03. The molecule has 0 saturated carbocycles. The highest BCUT2D eigenvalue weighted by atomic mass is 16.1. The molecule has 0 heterocycles. The normalized spacial score (nSPS) is 10.5. The number of carbonyl (C=O) groups excluding carboxylic acids is 1. The van der Waals surface area contributed by atoms with Gasteiger partial charge in [-0.3, -0.25) is 4.79 Å². The molecule has 0 aliphatic heterocycles. The van der Waals surface area contributed by atoms with Crippen molar-refractivity contribution in [3.63, 3.8) is 0 Å². The number of hydrogen-bond donors (Lipinski definition) is 1. The van der Waals surface area contributed by atoms with Crippen LogP contribution in [0.5, 0.6) is 0 Å². The van der Waals surface area contributed by atoms with Crippen LogP contribution in [-0.2, 0) is 4.79 Å². The zero-order valence-corrected chi connectivity index (χ0v) is 10.5. The third-order valence-corrected chi connectivity index (χ3v) is 2.58. The molecule has 0 unspecified atom stereocenters. The Balaban J connectivity index is 3.10. The Morgan fingerprint density at radius 3 is 2.13 bits per heavy atom. The van der Waals surface area contributed by atoms with Crippen molar-refractivity contribution in [1.82, 2.24) is 5.32 Å². The summed E-state index contributed by atoms with van der Waals surface area (Å²) in [5, 5.41) is 3.36. The van der Waals surface area contributed by atoms with Crippen LogP contribution in [0.1, 0.15) is 65.2 Å². The lowest BCUT2D eigenvalue weighted by molar-refractivity contribution is -0.119. The molecule has 0 spiro atoms. The third kappa shape index (κ3) is 11.6. The number of hydrogen-bond acceptors (Lipinski definition) is 2. The Labute approximate surface area is 94.8 Å². The summed E-state index contributed by atoms with van der Waals surface area (Å²) in [6, 6.07) is 0. The average molecular weight is 213 g/mol. The van der Waals surface area contributed by atoms with E-state index in [0.29, 0.717) is 5.78 Å². The zero-order valence-electron chi connectivity index (χ0n) is 10.5. The number of unbranched alkanes of at least 4 members (excludes halogenated alkanes) is 3. The van der Waals surface area contributed by atoms with E-state index in [9.17, 15) is 4.79 Å². The summed E-state index contributed by atoms with van der Waals surface area (Å²) >= 11 is 0. The first kappa shape index (κ1) is 14.6. The van der Waals surface area contributed by atoms with E-state index in [1.807, 2.05) is 0 Å². The second-order valence-electron chi connectivity index (χ2n) is 4.20. The number of Topliss-reactive ketones (excluding diaryl/α,β-unsaturated/α-hetero) is 1. The predicted molar refractivity (Wildman–Crippen MR) is 66.2 cm³/mol. The zero-order chi connectivity index (χ0) is 11.4. The predicted octanol–water partition coefficient (Wildman–Crippen LogP) is 3.31. The molecule has 0 rings (SSSR count). The van der Waals surface area contributed by atoms with Crippen LogP contribution >= 0.6 is 0 Å². The Bertz CT molecular complexity index is 145. The van der Waals surface area contributed by atoms with Crippen LogP contribution in [0.2, 0.25) is 0 Å². The van der Waals surface area contributed by atoms with Gasteiger partial charge < -0.3 is 5.32 Å². The molecule has 0 amide bonds. The molecule has 2 nitrogen and oxygen atoms in total. The maximum absolute atomic E-state index is 11.4. The highest BCUT2D eigenvalue weighted by Gasteiger charge is 2.00. The highest BCUT2D eigenvalue weighted by molar-refractivity contribution is 5.78. The van der Waals surface area contributed by atoms with Crippen molar-refractivity contribution in [2.45, 2.75) is 65.2 Å². The van der Waals surface area contributed by atoms with E-state index >= 15 is 0 Å². The van der Waals surface area contributed by atoms with Crippen molar-refractivity contribution < 1.29 is 4.79 Å². The van der Waals surface area contributed by atoms with Crippen LogP contribution in [0.25, 0.3) is 0 Å². The first-order valence-corrected chi connectivity index (χ1v) is 6.53. The van der Waals surface area contributed by atoms with Crippen LogP contribution in [0.4, 0.5) is 0 Å². The van der Waals surface area contributed by atoms with Crippen LogP contribution in [0.15, 0.2) is 0 Å². The van der Waals surface area contributed by atoms with Gasteiger partial charge in [-0.05, 0) is 32.4 Å². The van der Waals surface area contributed by atoms with Crippen molar-refractivity contribution in [3.8, 4) is 0 Å². The first-order valence-electron chi connectivity index (χ1n) is 6.53. The Morgan fingerprint density at radius 2 is 1.47 bits per heavy atom. The van der Waals surface area contributed by atoms with Gasteiger partial charge in [0.2, 0.25) is 0 Å². The molecule has 0 aromatic heterocycles. The Kier molecular flexibility index (Phi) is 11.4. The minimum Gasteiger partial charge on any atom is -0.317 e. The maximum atomic E-state index is 11.4. The number of ketones is 1. The summed E-state index contributed by atoms with van der Waals surface area (Å²) < 4.78 is 0.